The maximum Gasteiger partial charge on any atom is 0.251 e. The van der Waals surface area contributed by atoms with Gasteiger partial charge in [0, 0.05) is 41.6 Å². The molecule has 1 heterocycles. The van der Waals surface area contributed by atoms with Gasteiger partial charge in [0.1, 0.15) is 0 Å². The van der Waals surface area contributed by atoms with Gasteiger partial charge in [-0.3, -0.25) is 14.5 Å². The fourth-order valence-electron chi connectivity index (χ4n) is 5.21. The highest BCUT2D eigenvalue weighted by Gasteiger charge is 2.29. The van der Waals surface area contributed by atoms with E-state index in [0.29, 0.717) is 31.7 Å². The van der Waals surface area contributed by atoms with Crippen molar-refractivity contribution in [2.75, 3.05) is 33.2 Å². The number of benzene rings is 4. The summed E-state index contributed by atoms with van der Waals surface area (Å²) in [4.78, 5) is 30.3. The Balaban J connectivity index is 1.24. The van der Waals surface area contributed by atoms with Crippen LogP contribution < -0.4 is 5.32 Å². The number of nitrogens with zero attached hydrogens (tertiary/aromatic N) is 2. The van der Waals surface area contributed by atoms with E-state index in [1.54, 1.807) is 0 Å². The van der Waals surface area contributed by atoms with Gasteiger partial charge in [0.15, 0.2) is 0 Å². The van der Waals surface area contributed by atoms with E-state index in [4.69, 9.17) is 0 Å². The van der Waals surface area contributed by atoms with Crippen LogP contribution in [-0.4, -0.2) is 60.9 Å². The average molecular weight is 571 g/mol. The van der Waals surface area contributed by atoms with E-state index < -0.39 is 0 Å². The topological polar surface area (TPSA) is 52.7 Å². The van der Waals surface area contributed by atoms with E-state index in [1.165, 1.54) is 11.1 Å². The molecule has 2 amide bonds. The Hall–Kier alpha value is -3.48. The predicted molar refractivity (Wildman–Crippen MR) is 156 cm³/mol. The molecular weight excluding hydrogens is 538 g/mol. The SMILES string of the molecule is CN1CC(=O)N(CC(c2ccccc2)c2ccccc2)CC[C@H]1CNC(=O)c1ccc2cc(Br)ccc2c1. The number of nitrogens with one attached hydrogen (secondary N) is 1. The molecule has 0 aliphatic carbocycles. The van der Waals surface area contributed by atoms with E-state index in [-0.39, 0.29) is 23.8 Å². The molecule has 5 nitrogen and oxygen atoms in total. The van der Waals surface area contributed by atoms with Crippen molar-refractivity contribution < 1.29 is 9.59 Å². The zero-order valence-corrected chi connectivity index (χ0v) is 23.1. The summed E-state index contributed by atoms with van der Waals surface area (Å²) < 4.78 is 1.01. The minimum atomic E-state index is -0.0936. The first-order valence-corrected chi connectivity index (χ1v) is 13.8. The van der Waals surface area contributed by atoms with Gasteiger partial charge in [0.2, 0.25) is 5.91 Å². The average Bonchev–Trinajstić information content (AvgIpc) is 3.07. The minimum absolute atomic E-state index is 0.0798. The quantitative estimate of drug-likeness (QED) is 0.311. The lowest BCUT2D eigenvalue weighted by Crippen LogP contribution is -2.43. The highest BCUT2D eigenvalue weighted by Crippen LogP contribution is 2.27. The number of hydrogen-bond donors (Lipinski definition) is 1. The first-order chi connectivity index (χ1) is 18.5. The maximum absolute atomic E-state index is 13.3. The number of amides is 2. The molecule has 1 aliphatic rings. The Morgan fingerprint density at radius 3 is 2.24 bits per heavy atom. The van der Waals surface area contributed by atoms with Crippen molar-refractivity contribution in [1.29, 1.82) is 0 Å². The fourth-order valence-corrected chi connectivity index (χ4v) is 5.59. The molecule has 0 spiro atoms. The van der Waals surface area contributed by atoms with Gasteiger partial charge in [0.05, 0.1) is 6.54 Å². The smallest absolute Gasteiger partial charge is 0.251 e. The molecule has 0 saturated carbocycles. The lowest BCUT2D eigenvalue weighted by Gasteiger charge is -2.27. The van der Waals surface area contributed by atoms with E-state index >= 15 is 0 Å². The van der Waals surface area contributed by atoms with Crippen LogP contribution in [0.5, 0.6) is 0 Å². The molecule has 0 bridgehead atoms. The number of carbonyl (C=O) groups excluding carboxylic acids is 2. The van der Waals surface area contributed by atoms with E-state index in [2.05, 4.69) is 74.7 Å². The van der Waals surface area contributed by atoms with Gasteiger partial charge in [0.25, 0.3) is 5.91 Å². The summed E-state index contributed by atoms with van der Waals surface area (Å²) in [5.41, 5.74) is 3.05. The van der Waals surface area contributed by atoms with Crippen LogP contribution in [0.25, 0.3) is 10.8 Å². The molecule has 4 aromatic carbocycles. The second kappa shape index (κ2) is 11.9. The molecule has 38 heavy (non-hydrogen) atoms. The molecule has 0 unspecified atom stereocenters. The second-order valence-corrected chi connectivity index (χ2v) is 10.9. The van der Waals surface area contributed by atoms with Crippen molar-refractivity contribution in [2.24, 2.45) is 0 Å². The standard InChI is InChI=1S/C32H32BrN3O2/c1-35-22-31(37)36(21-30(23-8-4-2-5-9-23)24-10-6-3-7-11-24)17-16-29(35)20-34-32(38)27-13-12-26-19-28(33)15-14-25(26)18-27/h2-15,18-19,29-30H,16-17,20-22H2,1H3,(H,34,38)/t29-/m0/s1. The van der Waals surface area contributed by atoms with E-state index in [1.807, 2.05) is 60.5 Å². The number of hydrogen-bond acceptors (Lipinski definition) is 3. The van der Waals surface area contributed by atoms with Gasteiger partial charge >= 0.3 is 0 Å². The third-order valence-electron chi connectivity index (χ3n) is 7.46. The van der Waals surface area contributed by atoms with Crippen molar-refractivity contribution >= 4 is 38.5 Å². The Morgan fingerprint density at radius 2 is 1.55 bits per heavy atom. The highest BCUT2D eigenvalue weighted by molar-refractivity contribution is 9.10. The zero-order chi connectivity index (χ0) is 26.5. The number of halogens is 1. The Labute approximate surface area is 232 Å². The number of rotatable bonds is 7. The number of fused-ring (bicyclic) bond motifs is 1. The molecule has 5 rings (SSSR count). The molecule has 0 radical (unpaired) electrons. The van der Waals surface area contributed by atoms with Gasteiger partial charge in [-0.2, -0.15) is 0 Å². The van der Waals surface area contributed by atoms with Crippen LogP contribution in [0.4, 0.5) is 0 Å². The van der Waals surface area contributed by atoms with Crippen molar-refractivity contribution in [1.82, 2.24) is 15.1 Å². The molecule has 6 heteroatoms. The van der Waals surface area contributed by atoms with Crippen molar-refractivity contribution in [3.63, 3.8) is 0 Å². The van der Waals surface area contributed by atoms with Crippen LogP contribution in [0.2, 0.25) is 0 Å². The third-order valence-corrected chi connectivity index (χ3v) is 7.96. The molecule has 1 N–H and O–H groups in total. The molecule has 4 aromatic rings. The van der Waals surface area contributed by atoms with E-state index in [9.17, 15) is 9.59 Å². The van der Waals surface area contributed by atoms with Gasteiger partial charge in [-0.25, -0.2) is 0 Å². The fraction of sp³-hybridized carbons (Fsp3) is 0.250. The molecule has 1 atom stereocenters. The van der Waals surface area contributed by atoms with E-state index in [0.717, 1.165) is 21.7 Å². The Bertz CT molecular complexity index is 1370. The molecular formula is C32H32BrN3O2. The normalized spacial score (nSPS) is 16.6. The van der Waals surface area contributed by atoms with Crippen molar-refractivity contribution in [2.45, 2.75) is 18.4 Å². The van der Waals surface area contributed by atoms with Gasteiger partial charge in [-0.05, 0) is 59.6 Å². The minimum Gasteiger partial charge on any atom is -0.350 e. The monoisotopic (exact) mass is 569 g/mol. The summed E-state index contributed by atoms with van der Waals surface area (Å²) in [5, 5.41) is 5.22. The van der Waals surface area contributed by atoms with Gasteiger partial charge in [-0.1, -0.05) is 88.7 Å². The zero-order valence-electron chi connectivity index (χ0n) is 21.5. The van der Waals surface area contributed by atoms with Crippen LogP contribution in [0.1, 0.15) is 33.8 Å². The third kappa shape index (κ3) is 6.14. The Morgan fingerprint density at radius 1 is 0.921 bits per heavy atom. The van der Waals surface area contributed by atoms with Gasteiger partial charge in [-0.15, -0.1) is 0 Å². The molecule has 0 aromatic heterocycles. The first-order valence-electron chi connectivity index (χ1n) is 13.0. The first kappa shape index (κ1) is 26.1. The number of carbonyl (C=O) groups is 2. The molecule has 1 aliphatic heterocycles. The highest BCUT2D eigenvalue weighted by atomic mass is 79.9. The summed E-state index contributed by atoms with van der Waals surface area (Å²) in [6.45, 7) is 2.12. The Kier molecular flexibility index (Phi) is 8.20. The van der Waals surface area contributed by atoms with Crippen LogP contribution >= 0.6 is 15.9 Å². The summed E-state index contributed by atoms with van der Waals surface area (Å²) in [6, 6.07) is 32.7. The summed E-state index contributed by atoms with van der Waals surface area (Å²) in [7, 11) is 1.97. The number of likely N-dealkylation sites (N-methyl/N-ethyl adjacent to an activating group) is 1. The van der Waals surface area contributed by atoms with Crippen LogP contribution in [0.3, 0.4) is 0 Å². The molecule has 1 fully saturated rings. The summed E-state index contributed by atoms with van der Waals surface area (Å²) in [6.07, 6.45) is 0.796. The molecule has 194 valence electrons. The predicted octanol–water partition coefficient (Wildman–Crippen LogP) is 5.70. The van der Waals surface area contributed by atoms with Gasteiger partial charge < -0.3 is 10.2 Å². The second-order valence-electron chi connectivity index (χ2n) is 9.99. The lowest BCUT2D eigenvalue weighted by atomic mass is 9.90. The van der Waals surface area contributed by atoms with Crippen LogP contribution in [0, 0.1) is 0 Å². The maximum atomic E-state index is 13.3. The van der Waals surface area contributed by atoms with Crippen LogP contribution in [0.15, 0.2) is 102 Å². The van der Waals surface area contributed by atoms with Crippen LogP contribution in [-0.2, 0) is 4.79 Å². The summed E-state index contributed by atoms with van der Waals surface area (Å²) >= 11 is 3.49. The largest absolute Gasteiger partial charge is 0.350 e. The lowest BCUT2D eigenvalue weighted by molar-refractivity contribution is -0.131. The molecule has 1 saturated heterocycles. The summed E-state index contributed by atoms with van der Waals surface area (Å²) in [5.74, 6) is 0.138. The van der Waals surface area contributed by atoms with Crippen molar-refractivity contribution in [3.05, 3.63) is 118 Å². The van der Waals surface area contributed by atoms with Crippen molar-refractivity contribution in [3.8, 4) is 0 Å².